The zero-order valence-electron chi connectivity index (χ0n) is 7.14. The highest BCUT2D eigenvalue weighted by molar-refractivity contribution is 4.99. The molecule has 0 aromatic rings. The lowest BCUT2D eigenvalue weighted by Gasteiger charge is -2.32. The summed E-state index contributed by atoms with van der Waals surface area (Å²) in [5.74, 6) is -11.3. The molecule has 0 aromatic carbocycles. The molecule has 1 rings (SSSR count). The molecule has 0 aromatic heterocycles. The van der Waals surface area contributed by atoms with Crippen LogP contribution < -0.4 is 10.6 Å². The van der Waals surface area contributed by atoms with Gasteiger partial charge in [0.25, 0.3) is 0 Å². The van der Waals surface area contributed by atoms with Gasteiger partial charge in [0.2, 0.25) is 0 Å². The molecule has 0 unspecified atom stereocenters. The molecule has 90 valence electrons. The van der Waals surface area contributed by atoms with E-state index in [9.17, 15) is 30.7 Å². The van der Waals surface area contributed by atoms with E-state index in [1.54, 1.807) is 0 Å². The van der Waals surface area contributed by atoms with E-state index < -0.39 is 24.2 Å². The molecule has 0 bridgehead atoms. The van der Waals surface area contributed by atoms with Crippen molar-refractivity contribution in [1.82, 2.24) is 10.6 Å². The van der Waals surface area contributed by atoms with Crippen molar-refractivity contribution in [3.8, 4) is 0 Å². The second kappa shape index (κ2) is 3.48. The molecule has 1 saturated heterocycles. The van der Waals surface area contributed by atoms with E-state index in [1.807, 2.05) is 10.6 Å². The standard InChI is InChI=1S/C6H7F7N2/c7-4(8,3-14-1-2-15-3)5(9,10)6(11,12)13/h3,14-15H,1-2H2. The van der Waals surface area contributed by atoms with Gasteiger partial charge in [0.15, 0.2) is 0 Å². The first kappa shape index (κ1) is 12.5. The van der Waals surface area contributed by atoms with E-state index in [0.29, 0.717) is 0 Å². The van der Waals surface area contributed by atoms with Crippen molar-refractivity contribution >= 4 is 0 Å². The van der Waals surface area contributed by atoms with Crippen molar-refractivity contribution in [2.45, 2.75) is 24.2 Å². The highest BCUT2D eigenvalue weighted by Crippen LogP contribution is 2.47. The van der Waals surface area contributed by atoms with Gasteiger partial charge in [-0.25, -0.2) is 0 Å². The molecule has 0 atom stereocenters. The molecule has 0 radical (unpaired) electrons. The first-order chi connectivity index (χ1) is 6.61. The third-order valence-electron chi connectivity index (χ3n) is 1.96. The van der Waals surface area contributed by atoms with Gasteiger partial charge < -0.3 is 0 Å². The minimum atomic E-state index is -6.28. The molecule has 15 heavy (non-hydrogen) atoms. The Hall–Kier alpha value is -0.570. The first-order valence-corrected chi connectivity index (χ1v) is 3.90. The maximum absolute atomic E-state index is 12.8. The van der Waals surface area contributed by atoms with Crippen LogP contribution in [0.2, 0.25) is 0 Å². The predicted octanol–water partition coefficient (Wildman–Crippen LogP) is 1.34. The lowest BCUT2D eigenvalue weighted by Crippen LogP contribution is -2.63. The number of hydrogen-bond donors (Lipinski definition) is 2. The maximum atomic E-state index is 12.8. The molecular weight excluding hydrogens is 233 g/mol. The van der Waals surface area contributed by atoms with Crippen molar-refractivity contribution in [2.75, 3.05) is 13.1 Å². The molecule has 2 N–H and O–H groups in total. The normalized spacial score (nSPS) is 21.0. The van der Waals surface area contributed by atoms with Crippen molar-refractivity contribution in [2.24, 2.45) is 0 Å². The largest absolute Gasteiger partial charge is 0.459 e. The van der Waals surface area contributed by atoms with Crippen molar-refractivity contribution in [3.63, 3.8) is 0 Å². The number of nitrogens with one attached hydrogen (secondary N) is 2. The molecule has 0 saturated carbocycles. The van der Waals surface area contributed by atoms with Crippen LogP contribution in [0.4, 0.5) is 30.7 Å². The summed E-state index contributed by atoms with van der Waals surface area (Å²) in [6.07, 6.45) is -8.64. The molecule has 9 heteroatoms. The molecule has 1 heterocycles. The van der Waals surface area contributed by atoms with Crippen LogP contribution in [0.3, 0.4) is 0 Å². The van der Waals surface area contributed by atoms with E-state index in [1.165, 1.54) is 0 Å². The summed E-state index contributed by atoms with van der Waals surface area (Å²) >= 11 is 0. The second-order valence-corrected chi connectivity index (χ2v) is 3.04. The Morgan fingerprint density at radius 3 is 1.53 bits per heavy atom. The van der Waals surface area contributed by atoms with Crippen LogP contribution >= 0.6 is 0 Å². The van der Waals surface area contributed by atoms with Gasteiger partial charge in [0.1, 0.15) is 6.17 Å². The van der Waals surface area contributed by atoms with Crippen LogP contribution in [0.25, 0.3) is 0 Å². The Morgan fingerprint density at radius 2 is 1.20 bits per heavy atom. The van der Waals surface area contributed by atoms with Crippen LogP contribution in [0.15, 0.2) is 0 Å². The minimum Gasteiger partial charge on any atom is -0.295 e. The van der Waals surface area contributed by atoms with E-state index in [4.69, 9.17) is 0 Å². The summed E-state index contributed by atoms with van der Waals surface area (Å²) < 4.78 is 85.5. The van der Waals surface area contributed by atoms with E-state index in [0.717, 1.165) is 0 Å². The zero-order chi connectivity index (χ0) is 11.9. The van der Waals surface area contributed by atoms with Crippen LogP contribution in [-0.2, 0) is 0 Å². The minimum absolute atomic E-state index is 0.0891. The first-order valence-electron chi connectivity index (χ1n) is 3.90. The summed E-state index contributed by atoms with van der Waals surface area (Å²) in [5.41, 5.74) is 0. The molecule has 0 aliphatic carbocycles. The topological polar surface area (TPSA) is 24.1 Å². The number of hydrogen-bond acceptors (Lipinski definition) is 2. The summed E-state index contributed by atoms with van der Waals surface area (Å²) in [6, 6.07) is 0. The molecule has 0 spiro atoms. The van der Waals surface area contributed by atoms with Crippen LogP contribution in [0.5, 0.6) is 0 Å². The average molecular weight is 240 g/mol. The Morgan fingerprint density at radius 1 is 0.800 bits per heavy atom. The average Bonchev–Trinajstić information content (AvgIpc) is 2.53. The third-order valence-corrected chi connectivity index (χ3v) is 1.96. The third kappa shape index (κ3) is 1.89. The second-order valence-electron chi connectivity index (χ2n) is 3.04. The number of alkyl halides is 7. The van der Waals surface area contributed by atoms with E-state index in [-0.39, 0.29) is 13.1 Å². The van der Waals surface area contributed by atoms with Gasteiger partial charge in [-0.15, -0.1) is 0 Å². The van der Waals surface area contributed by atoms with Gasteiger partial charge in [-0.2, -0.15) is 30.7 Å². The van der Waals surface area contributed by atoms with Crippen LogP contribution in [0.1, 0.15) is 0 Å². The Balaban J connectivity index is 2.92. The molecule has 1 aliphatic heterocycles. The van der Waals surface area contributed by atoms with Gasteiger partial charge >= 0.3 is 18.0 Å². The van der Waals surface area contributed by atoms with E-state index in [2.05, 4.69) is 0 Å². The Kier molecular flexibility index (Phi) is 2.90. The van der Waals surface area contributed by atoms with Crippen molar-refractivity contribution < 1.29 is 30.7 Å². The predicted molar refractivity (Wildman–Crippen MR) is 35.7 cm³/mol. The van der Waals surface area contributed by atoms with Gasteiger partial charge in [-0.1, -0.05) is 0 Å². The lowest BCUT2D eigenvalue weighted by molar-refractivity contribution is -0.360. The van der Waals surface area contributed by atoms with Gasteiger partial charge in [-0.05, 0) is 0 Å². The number of halogens is 7. The van der Waals surface area contributed by atoms with Crippen molar-refractivity contribution in [3.05, 3.63) is 0 Å². The zero-order valence-corrected chi connectivity index (χ0v) is 7.14. The fourth-order valence-corrected chi connectivity index (χ4v) is 1.13. The molecular formula is C6H7F7N2. The number of rotatable bonds is 2. The molecule has 1 fully saturated rings. The Bertz CT molecular complexity index is 230. The fraction of sp³-hybridized carbons (Fsp3) is 1.00. The lowest BCUT2D eigenvalue weighted by atomic mass is 10.1. The highest BCUT2D eigenvalue weighted by Gasteiger charge is 2.75. The van der Waals surface area contributed by atoms with Gasteiger partial charge in [0.05, 0.1) is 0 Å². The summed E-state index contributed by atoms with van der Waals surface area (Å²) in [5, 5.41) is 3.67. The SMILES string of the molecule is FC(F)(F)C(F)(F)C(F)(F)C1NCCN1. The monoisotopic (exact) mass is 240 g/mol. The smallest absolute Gasteiger partial charge is 0.295 e. The van der Waals surface area contributed by atoms with Crippen molar-refractivity contribution in [1.29, 1.82) is 0 Å². The quantitative estimate of drug-likeness (QED) is 0.712. The molecule has 2 nitrogen and oxygen atoms in total. The summed E-state index contributed by atoms with van der Waals surface area (Å²) in [4.78, 5) is 0. The van der Waals surface area contributed by atoms with Crippen LogP contribution in [-0.4, -0.2) is 37.3 Å². The molecule has 1 aliphatic rings. The van der Waals surface area contributed by atoms with Gasteiger partial charge in [-0.3, -0.25) is 10.6 Å². The fourth-order valence-electron chi connectivity index (χ4n) is 1.13. The van der Waals surface area contributed by atoms with E-state index >= 15 is 0 Å². The van der Waals surface area contributed by atoms with Gasteiger partial charge in [0, 0.05) is 13.1 Å². The Labute approximate surface area is 79.8 Å². The summed E-state index contributed by atoms with van der Waals surface area (Å²) in [7, 11) is 0. The highest BCUT2D eigenvalue weighted by atomic mass is 19.4. The molecule has 0 amide bonds. The van der Waals surface area contributed by atoms with Crippen LogP contribution in [0, 0.1) is 0 Å². The maximum Gasteiger partial charge on any atom is 0.459 e. The summed E-state index contributed by atoms with van der Waals surface area (Å²) in [6.45, 7) is -0.178.